The second kappa shape index (κ2) is 5.39. The Morgan fingerprint density at radius 1 is 1.32 bits per heavy atom. The van der Waals surface area contributed by atoms with E-state index in [2.05, 4.69) is 22.9 Å². The molecule has 1 atom stereocenters. The molecule has 0 aliphatic carbocycles. The highest BCUT2D eigenvalue weighted by atomic mass is 35.5. The molecule has 2 aliphatic rings. The molecule has 0 saturated carbocycles. The third-order valence-electron chi connectivity index (χ3n) is 4.77. The van der Waals surface area contributed by atoms with Crippen LogP contribution in [0.3, 0.4) is 0 Å². The van der Waals surface area contributed by atoms with Crippen LogP contribution in [-0.2, 0) is 4.74 Å². The molecule has 1 unspecified atom stereocenters. The normalized spacial score (nSPS) is 24.7. The van der Waals surface area contributed by atoms with Gasteiger partial charge in [-0.25, -0.2) is 4.98 Å². The number of likely N-dealkylation sites (tertiary alicyclic amines) is 1. The largest absolute Gasteiger partial charge is 0.381 e. The Morgan fingerprint density at radius 2 is 2.11 bits per heavy atom. The van der Waals surface area contributed by atoms with Gasteiger partial charge in [-0.1, -0.05) is 17.7 Å². The number of pyridine rings is 1. The van der Waals surface area contributed by atoms with Gasteiger partial charge in [0, 0.05) is 31.0 Å². The summed E-state index contributed by atoms with van der Waals surface area (Å²) in [5.41, 5.74) is 1.62. The summed E-state index contributed by atoms with van der Waals surface area (Å²) < 4.78 is 5.55. The first-order valence-corrected chi connectivity index (χ1v) is 7.55. The molecule has 2 saturated heterocycles. The molecule has 3 rings (SSSR count). The first-order chi connectivity index (χ1) is 9.21. The fourth-order valence-electron chi connectivity index (χ4n) is 3.67. The molecule has 1 spiro atoms. The van der Waals surface area contributed by atoms with Crippen LogP contribution in [0, 0.1) is 0 Å². The van der Waals surface area contributed by atoms with Crippen LogP contribution in [0.25, 0.3) is 0 Å². The van der Waals surface area contributed by atoms with Crippen molar-refractivity contribution in [1.82, 2.24) is 9.88 Å². The minimum atomic E-state index is 0.358. The van der Waals surface area contributed by atoms with Gasteiger partial charge in [0.15, 0.2) is 0 Å². The second-order valence-electron chi connectivity index (χ2n) is 5.72. The number of halogens is 1. The maximum atomic E-state index is 5.88. The molecule has 0 aromatic carbocycles. The van der Waals surface area contributed by atoms with Crippen LogP contribution in [0.2, 0.25) is 5.15 Å². The van der Waals surface area contributed by atoms with Crippen molar-refractivity contribution in [3.05, 3.63) is 29.0 Å². The summed E-state index contributed by atoms with van der Waals surface area (Å²) in [6.07, 6.45) is 6.85. The number of aromatic nitrogens is 1. The maximum absolute atomic E-state index is 5.88. The Hall–Kier alpha value is -0.640. The van der Waals surface area contributed by atoms with E-state index in [1.807, 2.05) is 12.3 Å². The fourth-order valence-corrected chi connectivity index (χ4v) is 3.78. The monoisotopic (exact) mass is 280 g/mol. The van der Waals surface area contributed by atoms with Crippen molar-refractivity contribution in [2.75, 3.05) is 19.8 Å². The molecule has 1 aromatic heterocycles. The van der Waals surface area contributed by atoms with Crippen LogP contribution in [0.5, 0.6) is 0 Å². The number of hydrogen-bond donors (Lipinski definition) is 0. The molecular weight excluding hydrogens is 260 g/mol. The molecule has 1 aromatic rings. The van der Waals surface area contributed by atoms with Crippen molar-refractivity contribution in [2.45, 2.75) is 44.2 Å². The molecule has 104 valence electrons. The second-order valence-corrected chi connectivity index (χ2v) is 6.11. The van der Waals surface area contributed by atoms with Gasteiger partial charge in [-0.05, 0) is 50.8 Å². The van der Waals surface area contributed by atoms with Crippen molar-refractivity contribution in [2.24, 2.45) is 0 Å². The van der Waals surface area contributed by atoms with Crippen LogP contribution in [0.1, 0.15) is 44.2 Å². The lowest BCUT2D eigenvalue weighted by Crippen LogP contribution is -2.48. The van der Waals surface area contributed by atoms with Crippen molar-refractivity contribution in [3.63, 3.8) is 0 Å². The van der Waals surface area contributed by atoms with E-state index in [1.165, 1.54) is 37.8 Å². The number of nitrogens with zero attached hydrogens (tertiary/aromatic N) is 2. The standard InChI is InChI=1S/C15H21ClN2O/c1-12(13-3-4-14(16)17-11-13)18-8-2-5-15(18)6-9-19-10-7-15/h3-4,11-12H,2,5-10H2,1H3. The SMILES string of the molecule is CC(c1ccc(Cl)nc1)N1CCCC12CCOCC2. The third-order valence-corrected chi connectivity index (χ3v) is 5.00. The van der Waals surface area contributed by atoms with E-state index in [4.69, 9.17) is 16.3 Å². The van der Waals surface area contributed by atoms with Gasteiger partial charge in [0.2, 0.25) is 0 Å². The summed E-state index contributed by atoms with van der Waals surface area (Å²) in [4.78, 5) is 6.89. The van der Waals surface area contributed by atoms with E-state index < -0.39 is 0 Å². The van der Waals surface area contributed by atoms with Crippen molar-refractivity contribution in [1.29, 1.82) is 0 Å². The van der Waals surface area contributed by atoms with E-state index in [0.717, 1.165) is 13.2 Å². The van der Waals surface area contributed by atoms with E-state index in [1.54, 1.807) is 0 Å². The molecular formula is C15H21ClN2O. The first kappa shape index (κ1) is 13.3. The molecule has 19 heavy (non-hydrogen) atoms. The number of ether oxygens (including phenoxy) is 1. The summed E-state index contributed by atoms with van der Waals surface area (Å²) in [6.45, 7) is 5.28. The lowest BCUT2D eigenvalue weighted by atomic mass is 9.86. The predicted molar refractivity (Wildman–Crippen MR) is 76.4 cm³/mol. The molecule has 2 fully saturated rings. The van der Waals surface area contributed by atoms with Gasteiger partial charge < -0.3 is 4.74 Å². The van der Waals surface area contributed by atoms with Gasteiger partial charge in [-0.15, -0.1) is 0 Å². The van der Waals surface area contributed by atoms with Gasteiger partial charge in [-0.3, -0.25) is 4.90 Å². The summed E-state index contributed by atoms with van der Waals surface area (Å²) in [5.74, 6) is 0. The van der Waals surface area contributed by atoms with E-state index in [0.29, 0.717) is 16.7 Å². The zero-order chi connectivity index (χ0) is 13.3. The topological polar surface area (TPSA) is 25.4 Å². The van der Waals surface area contributed by atoms with E-state index in [9.17, 15) is 0 Å². The molecule has 0 amide bonds. The number of hydrogen-bond acceptors (Lipinski definition) is 3. The van der Waals surface area contributed by atoms with Crippen LogP contribution in [0.15, 0.2) is 18.3 Å². The molecule has 3 nitrogen and oxygen atoms in total. The first-order valence-electron chi connectivity index (χ1n) is 7.17. The van der Waals surface area contributed by atoms with Crippen molar-refractivity contribution < 1.29 is 4.74 Å². The van der Waals surface area contributed by atoms with Gasteiger partial charge in [0.25, 0.3) is 0 Å². The minimum Gasteiger partial charge on any atom is -0.381 e. The van der Waals surface area contributed by atoms with Crippen LogP contribution >= 0.6 is 11.6 Å². The van der Waals surface area contributed by atoms with Crippen LogP contribution in [-0.4, -0.2) is 35.2 Å². The van der Waals surface area contributed by atoms with Crippen LogP contribution in [0.4, 0.5) is 0 Å². The average Bonchev–Trinajstić information content (AvgIpc) is 2.83. The molecule has 0 bridgehead atoms. The maximum Gasteiger partial charge on any atom is 0.129 e. The van der Waals surface area contributed by atoms with Crippen molar-refractivity contribution >= 4 is 11.6 Å². The Labute approximate surface area is 119 Å². The lowest BCUT2D eigenvalue weighted by Gasteiger charge is -2.44. The summed E-state index contributed by atoms with van der Waals surface area (Å²) in [7, 11) is 0. The molecule has 2 aliphatic heterocycles. The highest BCUT2D eigenvalue weighted by molar-refractivity contribution is 6.29. The lowest BCUT2D eigenvalue weighted by molar-refractivity contribution is -0.0230. The molecule has 0 N–H and O–H groups in total. The Bertz CT molecular complexity index is 428. The van der Waals surface area contributed by atoms with Gasteiger partial charge in [0.05, 0.1) is 0 Å². The van der Waals surface area contributed by atoms with Gasteiger partial charge in [0.1, 0.15) is 5.15 Å². The Balaban J connectivity index is 1.81. The van der Waals surface area contributed by atoms with Crippen molar-refractivity contribution in [3.8, 4) is 0 Å². The fraction of sp³-hybridized carbons (Fsp3) is 0.667. The van der Waals surface area contributed by atoms with E-state index in [-0.39, 0.29) is 0 Å². The molecule has 0 radical (unpaired) electrons. The zero-order valence-electron chi connectivity index (χ0n) is 11.4. The predicted octanol–water partition coefficient (Wildman–Crippen LogP) is 3.44. The smallest absolute Gasteiger partial charge is 0.129 e. The molecule has 3 heterocycles. The average molecular weight is 281 g/mol. The minimum absolute atomic E-state index is 0.358. The summed E-state index contributed by atoms with van der Waals surface area (Å²) >= 11 is 5.88. The highest BCUT2D eigenvalue weighted by Gasteiger charge is 2.44. The van der Waals surface area contributed by atoms with E-state index >= 15 is 0 Å². The van der Waals surface area contributed by atoms with Crippen LogP contribution < -0.4 is 0 Å². The third kappa shape index (κ3) is 2.51. The zero-order valence-corrected chi connectivity index (χ0v) is 12.2. The Morgan fingerprint density at radius 3 is 2.79 bits per heavy atom. The quantitative estimate of drug-likeness (QED) is 0.776. The summed E-state index contributed by atoms with van der Waals surface area (Å²) in [6, 6.07) is 4.40. The van der Waals surface area contributed by atoms with Gasteiger partial charge in [-0.2, -0.15) is 0 Å². The highest BCUT2D eigenvalue weighted by Crippen LogP contribution is 2.42. The number of rotatable bonds is 2. The Kier molecular flexibility index (Phi) is 3.79. The van der Waals surface area contributed by atoms with Gasteiger partial charge >= 0.3 is 0 Å². The molecule has 4 heteroatoms. The summed E-state index contributed by atoms with van der Waals surface area (Å²) in [5, 5.41) is 0.568.